The Bertz CT molecular complexity index is 464. The molecule has 0 aliphatic heterocycles. The molecule has 3 heteroatoms. The zero-order valence-corrected chi connectivity index (χ0v) is 8.32. The predicted octanol–water partition coefficient (Wildman–Crippen LogP) is 1.52. The number of hydrogen-bond acceptors (Lipinski definition) is 2. The number of nitrogens with two attached hydrogens (primary N) is 1. The van der Waals surface area contributed by atoms with Crippen molar-refractivity contribution < 1.29 is 9.90 Å². The largest absolute Gasteiger partial charge is 0.478 e. The van der Waals surface area contributed by atoms with Gasteiger partial charge in [0.1, 0.15) is 0 Å². The van der Waals surface area contributed by atoms with E-state index in [2.05, 4.69) is 11.8 Å². The molecule has 0 saturated heterocycles. The minimum Gasteiger partial charge on any atom is -0.478 e. The van der Waals surface area contributed by atoms with Crippen LogP contribution < -0.4 is 5.73 Å². The lowest BCUT2D eigenvalue weighted by molar-refractivity contribution is 0.0697. The van der Waals surface area contributed by atoms with Crippen LogP contribution in [0.1, 0.15) is 21.5 Å². The third-order valence-corrected chi connectivity index (χ3v) is 1.87. The summed E-state index contributed by atoms with van der Waals surface area (Å²) in [7, 11) is 0. The Hall–Kier alpha value is -2.21. The van der Waals surface area contributed by atoms with Gasteiger partial charge in [-0.3, -0.25) is 0 Å². The van der Waals surface area contributed by atoms with E-state index in [0.29, 0.717) is 5.56 Å². The fourth-order valence-corrected chi connectivity index (χ4v) is 1.06. The molecule has 1 aromatic rings. The van der Waals surface area contributed by atoms with Gasteiger partial charge in [-0.15, -0.1) is 0 Å². The van der Waals surface area contributed by atoms with E-state index in [-0.39, 0.29) is 5.56 Å². The summed E-state index contributed by atoms with van der Waals surface area (Å²) in [6.07, 6.45) is 2.84. The van der Waals surface area contributed by atoms with Crippen molar-refractivity contribution in [3.63, 3.8) is 0 Å². The van der Waals surface area contributed by atoms with Gasteiger partial charge in [0, 0.05) is 17.8 Å². The Morgan fingerprint density at radius 1 is 1.53 bits per heavy atom. The molecule has 3 N–H and O–H groups in total. The molecule has 0 aromatic heterocycles. The summed E-state index contributed by atoms with van der Waals surface area (Å²) >= 11 is 0. The van der Waals surface area contributed by atoms with Crippen LogP contribution in [0, 0.1) is 18.8 Å². The fraction of sp³-hybridized carbons (Fsp3) is 0.0833. The quantitative estimate of drug-likeness (QED) is 0.677. The van der Waals surface area contributed by atoms with Gasteiger partial charge in [0.25, 0.3) is 0 Å². The van der Waals surface area contributed by atoms with E-state index in [1.165, 1.54) is 12.3 Å². The maximum Gasteiger partial charge on any atom is 0.335 e. The fourth-order valence-electron chi connectivity index (χ4n) is 1.06. The molecule has 1 rings (SSSR count). The van der Waals surface area contributed by atoms with Gasteiger partial charge >= 0.3 is 5.97 Å². The molecule has 1 aromatic carbocycles. The van der Waals surface area contributed by atoms with Gasteiger partial charge in [-0.1, -0.05) is 17.9 Å². The van der Waals surface area contributed by atoms with Crippen LogP contribution in [0.5, 0.6) is 0 Å². The van der Waals surface area contributed by atoms with Gasteiger partial charge in [-0.2, -0.15) is 0 Å². The molecule has 15 heavy (non-hydrogen) atoms. The van der Waals surface area contributed by atoms with Crippen LogP contribution in [0.3, 0.4) is 0 Å². The summed E-state index contributed by atoms with van der Waals surface area (Å²) in [5.74, 6) is 4.59. The highest BCUT2D eigenvalue weighted by molar-refractivity contribution is 5.88. The van der Waals surface area contributed by atoms with Crippen LogP contribution in [0.25, 0.3) is 0 Å². The van der Waals surface area contributed by atoms with Gasteiger partial charge < -0.3 is 10.8 Å². The SMILES string of the molecule is Cc1ccc(C(=O)O)cc1C#C/C=C/N. The zero-order chi connectivity index (χ0) is 11.3. The van der Waals surface area contributed by atoms with E-state index < -0.39 is 5.97 Å². The summed E-state index contributed by atoms with van der Waals surface area (Å²) in [5.41, 5.74) is 7.01. The van der Waals surface area contributed by atoms with E-state index in [0.717, 1.165) is 5.56 Å². The van der Waals surface area contributed by atoms with Gasteiger partial charge in [-0.05, 0) is 24.6 Å². The third kappa shape index (κ3) is 2.89. The summed E-state index contributed by atoms with van der Waals surface area (Å²) in [6, 6.07) is 4.84. The van der Waals surface area contributed by atoms with Crippen LogP contribution in [0.15, 0.2) is 30.5 Å². The smallest absolute Gasteiger partial charge is 0.335 e. The number of carboxylic acids is 1. The average Bonchev–Trinajstić information content (AvgIpc) is 2.20. The second-order valence-corrected chi connectivity index (χ2v) is 2.96. The Labute approximate surface area is 88.2 Å². The highest BCUT2D eigenvalue weighted by atomic mass is 16.4. The molecular formula is C12H11NO2. The molecular weight excluding hydrogens is 190 g/mol. The van der Waals surface area contributed by atoms with Gasteiger partial charge in [0.05, 0.1) is 5.56 Å². The van der Waals surface area contributed by atoms with E-state index in [4.69, 9.17) is 10.8 Å². The number of hydrogen-bond donors (Lipinski definition) is 2. The first-order valence-corrected chi connectivity index (χ1v) is 4.37. The lowest BCUT2D eigenvalue weighted by atomic mass is 10.1. The number of aryl methyl sites for hydroxylation is 1. The Morgan fingerprint density at radius 3 is 2.87 bits per heavy atom. The van der Waals surface area contributed by atoms with Crippen molar-refractivity contribution in [2.75, 3.05) is 0 Å². The summed E-state index contributed by atoms with van der Waals surface area (Å²) < 4.78 is 0. The van der Waals surface area contributed by atoms with E-state index in [9.17, 15) is 4.79 Å². The van der Waals surface area contributed by atoms with Crippen LogP contribution >= 0.6 is 0 Å². The maximum atomic E-state index is 10.7. The number of aromatic carboxylic acids is 1. The summed E-state index contributed by atoms with van der Waals surface area (Å²) in [6.45, 7) is 1.88. The molecule has 0 amide bonds. The number of carboxylic acid groups (broad SMARTS) is 1. The van der Waals surface area contributed by atoms with Crippen molar-refractivity contribution in [2.45, 2.75) is 6.92 Å². The molecule has 0 atom stereocenters. The molecule has 0 spiro atoms. The first kappa shape index (κ1) is 10.9. The molecule has 0 bridgehead atoms. The molecule has 76 valence electrons. The lowest BCUT2D eigenvalue weighted by Gasteiger charge is -1.99. The lowest BCUT2D eigenvalue weighted by Crippen LogP contribution is -1.97. The van der Waals surface area contributed by atoms with Crippen molar-refractivity contribution in [3.05, 3.63) is 47.2 Å². The molecule has 0 heterocycles. The third-order valence-electron chi connectivity index (χ3n) is 1.87. The molecule has 0 unspecified atom stereocenters. The topological polar surface area (TPSA) is 63.3 Å². The van der Waals surface area contributed by atoms with Crippen molar-refractivity contribution in [3.8, 4) is 11.8 Å². The highest BCUT2D eigenvalue weighted by Gasteiger charge is 2.03. The molecule has 0 aliphatic rings. The van der Waals surface area contributed by atoms with Crippen LogP contribution in [-0.4, -0.2) is 11.1 Å². The minimum atomic E-state index is -0.951. The predicted molar refractivity (Wildman–Crippen MR) is 58.3 cm³/mol. The van der Waals surface area contributed by atoms with E-state index in [1.54, 1.807) is 18.2 Å². The summed E-state index contributed by atoms with van der Waals surface area (Å²) in [4.78, 5) is 10.7. The second-order valence-electron chi connectivity index (χ2n) is 2.96. The van der Waals surface area contributed by atoms with Crippen molar-refractivity contribution in [1.29, 1.82) is 0 Å². The Kier molecular flexibility index (Phi) is 3.53. The van der Waals surface area contributed by atoms with Gasteiger partial charge in [0.2, 0.25) is 0 Å². The van der Waals surface area contributed by atoms with Crippen LogP contribution in [0.2, 0.25) is 0 Å². The number of rotatable bonds is 1. The van der Waals surface area contributed by atoms with Crippen molar-refractivity contribution in [1.82, 2.24) is 0 Å². The zero-order valence-electron chi connectivity index (χ0n) is 8.32. The Morgan fingerprint density at radius 2 is 2.27 bits per heavy atom. The monoisotopic (exact) mass is 201 g/mol. The Balaban J connectivity index is 3.13. The van der Waals surface area contributed by atoms with Crippen molar-refractivity contribution >= 4 is 5.97 Å². The number of allylic oxidation sites excluding steroid dienone is 1. The van der Waals surface area contributed by atoms with Gasteiger partial charge in [0.15, 0.2) is 0 Å². The number of carbonyl (C=O) groups is 1. The van der Waals surface area contributed by atoms with Gasteiger partial charge in [-0.25, -0.2) is 4.79 Å². The van der Waals surface area contributed by atoms with Crippen LogP contribution in [0.4, 0.5) is 0 Å². The highest BCUT2D eigenvalue weighted by Crippen LogP contribution is 2.09. The second kappa shape index (κ2) is 4.87. The van der Waals surface area contributed by atoms with Crippen molar-refractivity contribution in [2.24, 2.45) is 5.73 Å². The average molecular weight is 201 g/mol. The number of benzene rings is 1. The minimum absolute atomic E-state index is 0.238. The van der Waals surface area contributed by atoms with E-state index in [1.807, 2.05) is 6.92 Å². The normalized spacial score (nSPS) is 9.67. The molecule has 0 fully saturated rings. The molecule has 0 radical (unpaired) electrons. The van der Waals surface area contributed by atoms with E-state index >= 15 is 0 Å². The summed E-state index contributed by atoms with van der Waals surface area (Å²) in [5, 5.41) is 8.79. The maximum absolute atomic E-state index is 10.7. The molecule has 0 aliphatic carbocycles. The standard InChI is InChI=1S/C12H11NO2/c1-9-5-6-11(12(14)15)8-10(9)4-2-3-7-13/h3,5-8H,13H2,1H3,(H,14,15)/b7-3+. The molecule has 0 saturated carbocycles. The molecule has 3 nitrogen and oxygen atoms in total. The first-order chi connectivity index (χ1) is 7.15. The first-order valence-electron chi connectivity index (χ1n) is 4.37. The van der Waals surface area contributed by atoms with Crippen LogP contribution in [-0.2, 0) is 0 Å².